The van der Waals surface area contributed by atoms with E-state index in [9.17, 15) is 13.2 Å². The lowest BCUT2D eigenvalue weighted by Gasteiger charge is -2.20. The maximum absolute atomic E-state index is 12.2. The lowest BCUT2D eigenvalue weighted by atomic mass is 10.1. The number of aryl methyl sites for hydroxylation is 1. The summed E-state index contributed by atoms with van der Waals surface area (Å²) in [5.41, 5.74) is 0.986. The van der Waals surface area contributed by atoms with Crippen LogP contribution in [0.3, 0.4) is 0 Å². The number of carbonyl (C=O) groups excluding carboxylic acids is 1. The first kappa shape index (κ1) is 18.9. The smallest absolute Gasteiger partial charge is 0.240 e. The number of hydrogen-bond acceptors (Lipinski definition) is 3. The second-order valence-corrected chi connectivity index (χ2v) is 8.08. The minimum absolute atomic E-state index is 0.107. The van der Waals surface area contributed by atoms with Crippen LogP contribution in [0.4, 0.5) is 0 Å². The fourth-order valence-corrected chi connectivity index (χ4v) is 3.85. The Balaban J connectivity index is 1.88. The number of nitrogens with zero attached hydrogens (tertiary/aromatic N) is 1. The van der Waals surface area contributed by atoms with E-state index in [2.05, 4.69) is 11.6 Å². The highest BCUT2D eigenvalue weighted by Gasteiger charge is 2.27. The number of hydrogen-bond donors (Lipinski definition) is 1. The van der Waals surface area contributed by atoms with Crippen LogP contribution in [0.25, 0.3) is 0 Å². The summed E-state index contributed by atoms with van der Waals surface area (Å²) in [6.07, 6.45) is 5.05. The molecule has 134 valence electrons. The molecule has 1 N–H and O–H groups in total. The van der Waals surface area contributed by atoms with Crippen molar-refractivity contribution < 1.29 is 13.2 Å². The number of amides is 1. The zero-order valence-electron chi connectivity index (χ0n) is 14.6. The van der Waals surface area contributed by atoms with Gasteiger partial charge < -0.3 is 4.90 Å². The van der Waals surface area contributed by atoms with E-state index in [4.69, 9.17) is 0 Å². The number of sulfonamides is 1. The third-order valence-corrected chi connectivity index (χ3v) is 5.81. The van der Waals surface area contributed by atoms with Crippen LogP contribution in [0, 0.1) is 0 Å². The molecule has 1 aliphatic rings. The van der Waals surface area contributed by atoms with Gasteiger partial charge in [0.2, 0.25) is 15.9 Å². The zero-order chi connectivity index (χ0) is 17.6. The van der Waals surface area contributed by atoms with Gasteiger partial charge in [0.15, 0.2) is 0 Å². The van der Waals surface area contributed by atoms with Gasteiger partial charge in [-0.05, 0) is 50.3 Å². The molecule has 1 aromatic rings. The van der Waals surface area contributed by atoms with Crippen molar-refractivity contribution in [1.29, 1.82) is 0 Å². The van der Waals surface area contributed by atoms with Crippen molar-refractivity contribution in [2.75, 3.05) is 13.1 Å². The first-order valence-electron chi connectivity index (χ1n) is 8.85. The van der Waals surface area contributed by atoms with E-state index >= 15 is 0 Å². The molecule has 0 bridgehead atoms. The highest BCUT2D eigenvalue weighted by molar-refractivity contribution is 7.89. The van der Waals surface area contributed by atoms with Crippen LogP contribution in [0.2, 0.25) is 0 Å². The first-order valence-corrected chi connectivity index (χ1v) is 10.3. The van der Waals surface area contributed by atoms with Crippen LogP contribution in [0.5, 0.6) is 0 Å². The number of carbonyl (C=O) groups is 1. The van der Waals surface area contributed by atoms with E-state index in [0.29, 0.717) is 17.7 Å². The molecule has 1 fully saturated rings. The minimum atomic E-state index is -3.40. The third kappa shape index (κ3) is 5.60. The number of rotatable bonds is 10. The fourth-order valence-electron chi connectivity index (χ4n) is 2.54. The lowest BCUT2D eigenvalue weighted by molar-refractivity contribution is -0.131. The van der Waals surface area contributed by atoms with Gasteiger partial charge in [0.1, 0.15) is 0 Å². The molecule has 1 amide bonds. The molecule has 0 saturated heterocycles. The van der Waals surface area contributed by atoms with E-state index in [-0.39, 0.29) is 11.9 Å². The second kappa shape index (κ2) is 8.62. The normalized spacial score (nSPS) is 14.6. The van der Waals surface area contributed by atoms with Crippen LogP contribution in [-0.2, 0) is 21.2 Å². The van der Waals surface area contributed by atoms with Crippen molar-refractivity contribution in [3.63, 3.8) is 0 Å². The van der Waals surface area contributed by atoms with Crippen LogP contribution in [0.15, 0.2) is 29.2 Å². The number of benzene rings is 1. The van der Waals surface area contributed by atoms with Gasteiger partial charge >= 0.3 is 0 Å². The Morgan fingerprint density at radius 1 is 1.21 bits per heavy atom. The molecule has 5 nitrogen and oxygen atoms in total. The van der Waals surface area contributed by atoms with E-state index in [1.54, 1.807) is 24.3 Å². The summed E-state index contributed by atoms with van der Waals surface area (Å²) in [5, 5.41) is 0. The quantitative estimate of drug-likeness (QED) is 0.704. The molecule has 0 atom stereocenters. The Kier molecular flexibility index (Phi) is 6.80. The molecule has 0 spiro atoms. The van der Waals surface area contributed by atoms with E-state index in [0.717, 1.165) is 44.3 Å². The van der Waals surface area contributed by atoms with Gasteiger partial charge in [0.25, 0.3) is 0 Å². The maximum atomic E-state index is 12.2. The summed E-state index contributed by atoms with van der Waals surface area (Å²) in [6.45, 7) is 5.67. The average Bonchev–Trinajstić information content (AvgIpc) is 3.37. The Bertz CT molecular complexity index is 637. The van der Waals surface area contributed by atoms with Crippen molar-refractivity contribution in [2.24, 2.45) is 0 Å². The van der Waals surface area contributed by atoms with Crippen LogP contribution < -0.4 is 4.72 Å². The third-order valence-electron chi connectivity index (χ3n) is 4.28. The summed E-state index contributed by atoms with van der Waals surface area (Å²) in [7, 11) is -3.40. The van der Waals surface area contributed by atoms with E-state index in [1.807, 2.05) is 11.8 Å². The van der Waals surface area contributed by atoms with Gasteiger partial charge in [-0.15, -0.1) is 0 Å². The highest BCUT2D eigenvalue weighted by atomic mass is 32.2. The van der Waals surface area contributed by atoms with Crippen molar-refractivity contribution in [1.82, 2.24) is 9.62 Å². The monoisotopic (exact) mass is 352 g/mol. The molecule has 0 radical (unpaired) electrons. The number of nitrogens with one attached hydrogen (secondary N) is 1. The lowest BCUT2D eigenvalue weighted by Crippen LogP contribution is -2.31. The van der Waals surface area contributed by atoms with E-state index in [1.165, 1.54) is 0 Å². The molecule has 0 heterocycles. The summed E-state index contributed by atoms with van der Waals surface area (Å²) < 4.78 is 26.9. The van der Waals surface area contributed by atoms with Crippen LogP contribution in [-0.4, -0.2) is 38.4 Å². The van der Waals surface area contributed by atoms with Crippen molar-refractivity contribution in [3.05, 3.63) is 29.8 Å². The molecule has 6 heteroatoms. The first-order chi connectivity index (χ1) is 11.5. The molecule has 0 aromatic heterocycles. The minimum Gasteiger partial charge on any atom is -0.343 e. The summed E-state index contributed by atoms with van der Waals surface area (Å²) in [6, 6.07) is 6.96. The predicted octanol–water partition coefficient (Wildman–Crippen LogP) is 2.71. The fraction of sp³-hybridized carbons (Fsp3) is 0.611. The van der Waals surface area contributed by atoms with Gasteiger partial charge in [-0.3, -0.25) is 4.79 Å². The maximum Gasteiger partial charge on any atom is 0.240 e. The average molecular weight is 353 g/mol. The van der Waals surface area contributed by atoms with Crippen molar-refractivity contribution in [2.45, 2.75) is 63.3 Å². The van der Waals surface area contributed by atoms with Crippen LogP contribution in [0.1, 0.15) is 51.5 Å². The predicted molar refractivity (Wildman–Crippen MR) is 95.3 cm³/mol. The molecule has 0 unspecified atom stereocenters. The van der Waals surface area contributed by atoms with Gasteiger partial charge in [-0.25, -0.2) is 13.1 Å². The molecule has 1 aliphatic carbocycles. The molecule has 1 aromatic carbocycles. The second-order valence-electron chi connectivity index (χ2n) is 6.37. The zero-order valence-corrected chi connectivity index (χ0v) is 15.4. The highest BCUT2D eigenvalue weighted by Crippen LogP contribution is 2.22. The largest absolute Gasteiger partial charge is 0.343 e. The van der Waals surface area contributed by atoms with Crippen molar-refractivity contribution >= 4 is 15.9 Å². The van der Waals surface area contributed by atoms with Gasteiger partial charge in [0.05, 0.1) is 4.90 Å². The molecule has 24 heavy (non-hydrogen) atoms. The SMILES string of the molecule is CCCCN(CC)C(=O)CCc1ccc(S(=O)(=O)NC2CC2)cc1. The number of unbranched alkanes of at least 4 members (excludes halogenated alkanes) is 1. The summed E-state index contributed by atoms with van der Waals surface area (Å²) >= 11 is 0. The van der Waals surface area contributed by atoms with Gasteiger partial charge in [0, 0.05) is 25.6 Å². The standard InChI is InChI=1S/C18H28N2O3S/c1-3-5-14-20(4-2)18(21)13-8-15-6-11-17(12-7-15)24(22,23)19-16-9-10-16/h6-7,11-12,16,19H,3-5,8-10,13-14H2,1-2H3. The topological polar surface area (TPSA) is 66.5 Å². The van der Waals surface area contributed by atoms with Gasteiger partial charge in [-0.1, -0.05) is 25.5 Å². The molecular weight excluding hydrogens is 324 g/mol. The Hall–Kier alpha value is -1.40. The summed E-state index contributed by atoms with van der Waals surface area (Å²) in [5.74, 6) is 0.165. The van der Waals surface area contributed by atoms with Crippen LogP contribution >= 0.6 is 0 Å². The summed E-state index contributed by atoms with van der Waals surface area (Å²) in [4.78, 5) is 14.4. The molecular formula is C18H28N2O3S. The Morgan fingerprint density at radius 3 is 2.42 bits per heavy atom. The van der Waals surface area contributed by atoms with Gasteiger partial charge in [-0.2, -0.15) is 0 Å². The Morgan fingerprint density at radius 2 is 1.88 bits per heavy atom. The Labute approximate surface area is 145 Å². The molecule has 0 aliphatic heterocycles. The molecule has 2 rings (SSSR count). The van der Waals surface area contributed by atoms with Crippen molar-refractivity contribution in [3.8, 4) is 0 Å². The molecule has 1 saturated carbocycles. The van der Waals surface area contributed by atoms with E-state index < -0.39 is 10.0 Å².